The van der Waals surface area contributed by atoms with Crippen LogP contribution < -0.4 is 10.6 Å². The summed E-state index contributed by atoms with van der Waals surface area (Å²) in [6.07, 6.45) is 5.82. The second-order valence-electron chi connectivity index (χ2n) is 5.23. The van der Waals surface area contributed by atoms with Crippen molar-refractivity contribution in [2.75, 3.05) is 30.3 Å². The van der Waals surface area contributed by atoms with Crippen molar-refractivity contribution in [2.45, 2.75) is 12.8 Å². The first-order chi connectivity index (χ1) is 9.29. The largest absolute Gasteiger partial charge is 0.397 e. The van der Waals surface area contributed by atoms with Crippen molar-refractivity contribution < 1.29 is 5.11 Å². The van der Waals surface area contributed by atoms with E-state index in [9.17, 15) is 5.11 Å². The van der Waals surface area contributed by atoms with Crippen LogP contribution in [0, 0.1) is 5.92 Å². The molecular formula is C15H19N3O. The number of nitrogens with two attached hydrogens (primary N) is 1. The van der Waals surface area contributed by atoms with Crippen molar-refractivity contribution in [2.24, 2.45) is 5.92 Å². The number of hydrogen-bond acceptors (Lipinski definition) is 4. The van der Waals surface area contributed by atoms with E-state index >= 15 is 0 Å². The molecule has 0 amide bonds. The number of fused-ring (bicyclic) bond motifs is 1. The number of anilines is 2. The van der Waals surface area contributed by atoms with Crippen LogP contribution >= 0.6 is 0 Å². The van der Waals surface area contributed by atoms with E-state index in [-0.39, 0.29) is 6.61 Å². The molecule has 4 heteroatoms. The smallest absolute Gasteiger partial charge is 0.0632 e. The van der Waals surface area contributed by atoms with Crippen LogP contribution in [-0.4, -0.2) is 29.8 Å². The van der Waals surface area contributed by atoms with Gasteiger partial charge in [-0.3, -0.25) is 4.98 Å². The Kier molecular flexibility index (Phi) is 3.25. The van der Waals surface area contributed by atoms with Gasteiger partial charge in [0.1, 0.15) is 0 Å². The molecule has 0 aliphatic carbocycles. The normalized spacial score (nSPS) is 19.8. The topological polar surface area (TPSA) is 62.4 Å². The molecule has 100 valence electrons. The van der Waals surface area contributed by atoms with Crippen molar-refractivity contribution in [1.82, 2.24) is 4.98 Å². The lowest BCUT2D eigenvalue weighted by Crippen LogP contribution is -2.37. The van der Waals surface area contributed by atoms with E-state index in [0.29, 0.717) is 5.92 Å². The van der Waals surface area contributed by atoms with Crippen LogP contribution in [0.4, 0.5) is 11.4 Å². The van der Waals surface area contributed by atoms with Crippen LogP contribution in [0.5, 0.6) is 0 Å². The highest BCUT2D eigenvalue weighted by Gasteiger charge is 2.21. The van der Waals surface area contributed by atoms with Gasteiger partial charge in [-0.2, -0.15) is 0 Å². The Bertz CT molecular complexity index is 585. The Morgan fingerprint density at radius 2 is 2.26 bits per heavy atom. The van der Waals surface area contributed by atoms with Crippen molar-refractivity contribution >= 4 is 22.1 Å². The van der Waals surface area contributed by atoms with Gasteiger partial charge in [0.25, 0.3) is 0 Å². The molecule has 3 rings (SSSR count). The van der Waals surface area contributed by atoms with E-state index in [1.807, 2.05) is 12.3 Å². The molecule has 4 nitrogen and oxygen atoms in total. The lowest BCUT2D eigenvalue weighted by Gasteiger charge is -2.34. The molecule has 1 aromatic heterocycles. The van der Waals surface area contributed by atoms with Gasteiger partial charge in [-0.25, -0.2) is 0 Å². The minimum atomic E-state index is 0.258. The Morgan fingerprint density at radius 1 is 1.37 bits per heavy atom. The predicted octanol–water partition coefficient (Wildman–Crippen LogP) is 2.03. The first kappa shape index (κ1) is 12.2. The summed E-state index contributed by atoms with van der Waals surface area (Å²) in [5, 5.41) is 11.5. The first-order valence-corrected chi connectivity index (χ1v) is 6.77. The Hall–Kier alpha value is -1.81. The quantitative estimate of drug-likeness (QED) is 0.808. The summed E-state index contributed by atoms with van der Waals surface area (Å²) < 4.78 is 0. The van der Waals surface area contributed by atoms with Gasteiger partial charge in [-0.1, -0.05) is 6.07 Å². The molecule has 0 bridgehead atoms. The fourth-order valence-electron chi connectivity index (χ4n) is 2.89. The van der Waals surface area contributed by atoms with Gasteiger partial charge < -0.3 is 15.7 Å². The molecule has 0 radical (unpaired) electrons. The van der Waals surface area contributed by atoms with Crippen LogP contribution in [0.3, 0.4) is 0 Å². The van der Waals surface area contributed by atoms with Gasteiger partial charge in [-0.15, -0.1) is 0 Å². The van der Waals surface area contributed by atoms with Crippen LogP contribution in [0.15, 0.2) is 30.6 Å². The summed E-state index contributed by atoms with van der Waals surface area (Å²) in [6.45, 7) is 2.16. The molecule has 1 atom stereocenters. The summed E-state index contributed by atoms with van der Waals surface area (Å²) in [4.78, 5) is 6.41. The number of nitrogens with zero attached hydrogens (tertiary/aromatic N) is 2. The molecule has 0 saturated carbocycles. The number of nitrogen functional groups attached to an aromatic ring is 1. The van der Waals surface area contributed by atoms with Gasteiger partial charge in [0.2, 0.25) is 0 Å². The summed E-state index contributed by atoms with van der Waals surface area (Å²) in [5.74, 6) is 0.362. The molecule has 2 aromatic rings. The number of aliphatic hydroxyl groups excluding tert-OH is 1. The average Bonchev–Trinajstić information content (AvgIpc) is 2.48. The number of rotatable bonds is 2. The first-order valence-electron chi connectivity index (χ1n) is 6.77. The predicted molar refractivity (Wildman–Crippen MR) is 78.2 cm³/mol. The molecule has 3 N–H and O–H groups in total. The minimum Gasteiger partial charge on any atom is -0.397 e. The molecule has 1 saturated heterocycles. The number of aromatic nitrogens is 1. The maximum atomic E-state index is 9.33. The highest BCUT2D eigenvalue weighted by atomic mass is 16.3. The van der Waals surface area contributed by atoms with E-state index in [4.69, 9.17) is 5.73 Å². The highest BCUT2D eigenvalue weighted by molar-refractivity contribution is 5.98. The van der Waals surface area contributed by atoms with Crippen LogP contribution in [0.25, 0.3) is 10.8 Å². The molecule has 0 spiro atoms. The SMILES string of the molecule is Nc1c(N2CCCC(CO)C2)ccc2cnccc12. The third kappa shape index (κ3) is 2.24. The number of piperidine rings is 1. The van der Waals surface area contributed by atoms with Crippen molar-refractivity contribution in [3.63, 3.8) is 0 Å². The summed E-state index contributed by atoms with van der Waals surface area (Å²) in [7, 11) is 0. The van der Waals surface area contributed by atoms with Crippen molar-refractivity contribution in [3.8, 4) is 0 Å². The van der Waals surface area contributed by atoms with E-state index in [0.717, 1.165) is 48.1 Å². The monoisotopic (exact) mass is 257 g/mol. The molecule has 1 aliphatic heterocycles. The average molecular weight is 257 g/mol. The van der Waals surface area contributed by atoms with Crippen LogP contribution in [0.2, 0.25) is 0 Å². The van der Waals surface area contributed by atoms with E-state index in [1.165, 1.54) is 0 Å². The standard InChI is InChI=1S/C15H19N3O/c16-15-13-5-6-17-8-12(13)3-4-14(15)18-7-1-2-11(9-18)10-19/h3-6,8,11,19H,1-2,7,9-10,16H2. The van der Waals surface area contributed by atoms with Gasteiger partial charge >= 0.3 is 0 Å². The van der Waals surface area contributed by atoms with Gasteiger partial charge in [0, 0.05) is 42.9 Å². The number of benzene rings is 1. The van der Waals surface area contributed by atoms with E-state index in [1.54, 1.807) is 6.20 Å². The Morgan fingerprint density at radius 3 is 3.11 bits per heavy atom. The zero-order valence-corrected chi connectivity index (χ0v) is 10.9. The second kappa shape index (κ2) is 5.05. The fraction of sp³-hybridized carbons (Fsp3) is 0.400. The lowest BCUT2D eigenvalue weighted by atomic mass is 9.98. The molecule has 1 aliphatic rings. The highest BCUT2D eigenvalue weighted by Crippen LogP contribution is 2.33. The summed E-state index contributed by atoms with van der Waals surface area (Å²) >= 11 is 0. The molecule has 19 heavy (non-hydrogen) atoms. The van der Waals surface area contributed by atoms with Crippen LogP contribution in [-0.2, 0) is 0 Å². The maximum absolute atomic E-state index is 9.33. The molecule has 1 aromatic carbocycles. The Labute approximate surface area is 112 Å². The second-order valence-corrected chi connectivity index (χ2v) is 5.23. The van der Waals surface area contributed by atoms with E-state index < -0.39 is 0 Å². The number of pyridine rings is 1. The molecular weight excluding hydrogens is 238 g/mol. The number of hydrogen-bond donors (Lipinski definition) is 2. The Balaban J connectivity index is 1.98. The molecule has 2 heterocycles. The number of aliphatic hydroxyl groups is 1. The maximum Gasteiger partial charge on any atom is 0.0632 e. The van der Waals surface area contributed by atoms with Crippen molar-refractivity contribution in [1.29, 1.82) is 0 Å². The van der Waals surface area contributed by atoms with Crippen molar-refractivity contribution in [3.05, 3.63) is 30.6 Å². The third-order valence-electron chi connectivity index (χ3n) is 3.96. The van der Waals surface area contributed by atoms with E-state index in [2.05, 4.69) is 22.0 Å². The zero-order valence-electron chi connectivity index (χ0n) is 10.9. The lowest BCUT2D eigenvalue weighted by molar-refractivity contribution is 0.209. The summed E-state index contributed by atoms with van der Waals surface area (Å²) in [6, 6.07) is 6.09. The minimum absolute atomic E-state index is 0.258. The van der Waals surface area contributed by atoms with Gasteiger partial charge in [0.15, 0.2) is 0 Å². The summed E-state index contributed by atoms with van der Waals surface area (Å²) in [5.41, 5.74) is 8.20. The van der Waals surface area contributed by atoms with Gasteiger partial charge in [0.05, 0.1) is 11.4 Å². The van der Waals surface area contributed by atoms with Gasteiger partial charge in [-0.05, 0) is 30.9 Å². The molecule has 1 unspecified atom stereocenters. The third-order valence-corrected chi connectivity index (χ3v) is 3.96. The zero-order chi connectivity index (χ0) is 13.2. The molecule has 1 fully saturated rings. The fourth-order valence-corrected chi connectivity index (χ4v) is 2.89. The van der Waals surface area contributed by atoms with Crippen LogP contribution in [0.1, 0.15) is 12.8 Å².